The van der Waals surface area contributed by atoms with Gasteiger partial charge in [-0.15, -0.1) is 0 Å². The smallest absolute Gasteiger partial charge is 0.270 e. The molecule has 1 saturated heterocycles. The molecule has 1 aliphatic heterocycles. The summed E-state index contributed by atoms with van der Waals surface area (Å²) >= 11 is 0. The minimum Gasteiger partial charge on any atom is -0.348 e. The molecule has 0 unspecified atom stereocenters. The molecule has 0 aliphatic carbocycles. The number of carbonyl (C=O) groups is 1. The molecule has 0 radical (unpaired) electrons. The van der Waals surface area contributed by atoms with Crippen molar-refractivity contribution in [1.82, 2.24) is 15.6 Å². The lowest BCUT2D eigenvalue weighted by molar-refractivity contribution is 0.0924. The highest BCUT2D eigenvalue weighted by atomic mass is 16.1. The van der Waals surface area contributed by atoms with Gasteiger partial charge in [-0.25, -0.2) is 0 Å². The van der Waals surface area contributed by atoms with Gasteiger partial charge in [0.2, 0.25) is 0 Å². The summed E-state index contributed by atoms with van der Waals surface area (Å²) in [5, 5.41) is 6.25. The number of piperidine rings is 1. The SMILES string of the molecule is O=C(NC1CCNCC1)c1ccccn1. The lowest BCUT2D eigenvalue weighted by Gasteiger charge is -2.23. The molecule has 0 spiro atoms. The van der Waals surface area contributed by atoms with E-state index in [9.17, 15) is 4.79 Å². The number of nitrogens with one attached hydrogen (secondary N) is 2. The quantitative estimate of drug-likeness (QED) is 0.742. The Morgan fingerprint density at radius 1 is 1.40 bits per heavy atom. The first-order valence-electron chi connectivity index (χ1n) is 5.29. The minimum absolute atomic E-state index is 0.0671. The van der Waals surface area contributed by atoms with Crippen LogP contribution in [0.4, 0.5) is 0 Å². The van der Waals surface area contributed by atoms with Crippen molar-refractivity contribution >= 4 is 5.91 Å². The number of pyridine rings is 1. The van der Waals surface area contributed by atoms with E-state index in [2.05, 4.69) is 15.6 Å². The average Bonchev–Trinajstić information content (AvgIpc) is 2.31. The molecule has 2 heterocycles. The molecule has 0 aromatic carbocycles. The van der Waals surface area contributed by atoms with E-state index in [-0.39, 0.29) is 5.91 Å². The van der Waals surface area contributed by atoms with Gasteiger partial charge in [0.1, 0.15) is 5.69 Å². The molecule has 1 aromatic rings. The number of nitrogens with zero attached hydrogens (tertiary/aromatic N) is 1. The maximum atomic E-state index is 11.7. The second-order valence-electron chi connectivity index (χ2n) is 3.71. The van der Waals surface area contributed by atoms with Gasteiger partial charge in [0, 0.05) is 12.2 Å². The van der Waals surface area contributed by atoms with E-state index in [1.54, 1.807) is 18.3 Å². The van der Waals surface area contributed by atoms with Gasteiger partial charge in [0.25, 0.3) is 5.91 Å². The van der Waals surface area contributed by atoms with Crippen molar-refractivity contribution in [2.75, 3.05) is 13.1 Å². The highest BCUT2D eigenvalue weighted by Crippen LogP contribution is 2.03. The van der Waals surface area contributed by atoms with E-state index in [4.69, 9.17) is 0 Å². The standard InChI is InChI=1S/C11H15N3O/c15-11(10-3-1-2-6-13-10)14-9-4-7-12-8-5-9/h1-3,6,9,12H,4-5,7-8H2,(H,14,15). The van der Waals surface area contributed by atoms with E-state index < -0.39 is 0 Å². The van der Waals surface area contributed by atoms with Crippen molar-refractivity contribution in [1.29, 1.82) is 0 Å². The Hall–Kier alpha value is -1.42. The normalized spacial score (nSPS) is 17.3. The van der Waals surface area contributed by atoms with Gasteiger partial charge < -0.3 is 10.6 Å². The van der Waals surface area contributed by atoms with E-state index in [0.717, 1.165) is 25.9 Å². The Labute approximate surface area is 89.1 Å². The van der Waals surface area contributed by atoms with Crippen molar-refractivity contribution in [3.63, 3.8) is 0 Å². The molecule has 1 fully saturated rings. The van der Waals surface area contributed by atoms with Crippen LogP contribution in [0.3, 0.4) is 0 Å². The second kappa shape index (κ2) is 4.89. The molecule has 0 atom stereocenters. The van der Waals surface area contributed by atoms with E-state index in [0.29, 0.717) is 11.7 Å². The van der Waals surface area contributed by atoms with Crippen LogP contribution in [0.15, 0.2) is 24.4 Å². The predicted molar refractivity (Wildman–Crippen MR) is 57.6 cm³/mol. The number of rotatable bonds is 2. The summed E-state index contributed by atoms with van der Waals surface area (Å²) in [5.74, 6) is -0.0671. The fourth-order valence-corrected chi connectivity index (χ4v) is 1.72. The first kappa shape index (κ1) is 10.1. The molecule has 2 rings (SSSR count). The summed E-state index contributed by atoms with van der Waals surface area (Å²) in [6.07, 6.45) is 3.63. The summed E-state index contributed by atoms with van der Waals surface area (Å²) in [5.41, 5.74) is 0.496. The maximum absolute atomic E-state index is 11.7. The van der Waals surface area contributed by atoms with Gasteiger partial charge in [-0.2, -0.15) is 0 Å². The number of hydrogen-bond acceptors (Lipinski definition) is 3. The van der Waals surface area contributed by atoms with Crippen LogP contribution in [0, 0.1) is 0 Å². The second-order valence-corrected chi connectivity index (χ2v) is 3.71. The molecule has 80 valence electrons. The third kappa shape index (κ3) is 2.76. The van der Waals surface area contributed by atoms with Crippen LogP contribution in [0.5, 0.6) is 0 Å². The zero-order valence-corrected chi connectivity index (χ0v) is 8.57. The number of hydrogen-bond donors (Lipinski definition) is 2. The van der Waals surface area contributed by atoms with Crippen LogP contribution >= 0.6 is 0 Å². The molecule has 0 bridgehead atoms. The van der Waals surface area contributed by atoms with Gasteiger partial charge >= 0.3 is 0 Å². The van der Waals surface area contributed by atoms with Crippen molar-refractivity contribution in [3.8, 4) is 0 Å². The van der Waals surface area contributed by atoms with Gasteiger partial charge in [0.15, 0.2) is 0 Å². The monoisotopic (exact) mass is 205 g/mol. The first-order valence-corrected chi connectivity index (χ1v) is 5.29. The Kier molecular flexibility index (Phi) is 3.29. The number of amides is 1. The van der Waals surface area contributed by atoms with Crippen molar-refractivity contribution in [2.24, 2.45) is 0 Å². The van der Waals surface area contributed by atoms with Crippen LogP contribution in [0.2, 0.25) is 0 Å². The molecule has 4 nitrogen and oxygen atoms in total. The largest absolute Gasteiger partial charge is 0.348 e. The molecular weight excluding hydrogens is 190 g/mol. The van der Waals surface area contributed by atoms with Crippen LogP contribution in [-0.2, 0) is 0 Å². The molecule has 4 heteroatoms. The lowest BCUT2D eigenvalue weighted by Crippen LogP contribution is -2.42. The highest BCUT2D eigenvalue weighted by molar-refractivity contribution is 5.92. The topological polar surface area (TPSA) is 54.0 Å². The lowest BCUT2D eigenvalue weighted by atomic mass is 10.1. The van der Waals surface area contributed by atoms with Crippen LogP contribution in [0.25, 0.3) is 0 Å². The van der Waals surface area contributed by atoms with Gasteiger partial charge in [0.05, 0.1) is 0 Å². The molecule has 2 N–H and O–H groups in total. The van der Waals surface area contributed by atoms with E-state index in [1.807, 2.05) is 6.07 Å². The van der Waals surface area contributed by atoms with E-state index >= 15 is 0 Å². The molecule has 1 aliphatic rings. The fourth-order valence-electron chi connectivity index (χ4n) is 1.72. The van der Waals surface area contributed by atoms with E-state index in [1.165, 1.54) is 0 Å². The third-order valence-corrected chi connectivity index (χ3v) is 2.57. The fraction of sp³-hybridized carbons (Fsp3) is 0.455. The van der Waals surface area contributed by atoms with Crippen molar-refractivity contribution in [2.45, 2.75) is 18.9 Å². The van der Waals surface area contributed by atoms with Crippen LogP contribution in [-0.4, -0.2) is 30.0 Å². The first-order chi connectivity index (χ1) is 7.36. The Morgan fingerprint density at radius 3 is 2.87 bits per heavy atom. The van der Waals surface area contributed by atoms with Crippen LogP contribution < -0.4 is 10.6 Å². The van der Waals surface area contributed by atoms with Crippen molar-refractivity contribution in [3.05, 3.63) is 30.1 Å². The summed E-state index contributed by atoms with van der Waals surface area (Å²) in [6, 6.07) is 5.66. The van der Waals surface area contributed by atoms with Crippen LogP contribution in [0.1, 0.15) is 23.3 Å². The summed E-state index contributed by atoms with van der Waals surface area (Å²) < 4.78 is 0. The molecule has 1 amide bonds. The van der Waals surface area contributed by atoms with Gasteiger partial charge in [-0.3, -0.25) is 9.78 Å². The zero-order valence-electron chi connectivity index (χ0n) is 8.57. The van der Waals surface area contributed by atoms with Gasteiger partial charge in [-0.1, -0.05) is 6.07 Å². The molecule has 0 saturated carbocycles. The third-order valence-electron chi connectivity index (χ3n) is 2.57. The maximum Gasteiger partial charge on any atom is 0.270 e. The predicted octanol–water partition coefficient (Wildman–Crippen LogP) is 0.563. The molecular formula is C11H15N3O. The summed E-state index contributed by atoms with van der Waals surface area (Å²) in [6.45, 7) is 1.96. The number of carbonyl (C=O) groups excluding carboxylic acids is 1. The Morgan fingerprint density at radius 2 is 2.20 bits per heavy atom. The minimum atomic E-state index is -0.0671. The number of aromatic nitrogens is 1. The van der Waals surface area contributed by atoms with Crippen molar-refractivity contribution < 1.29 is 4.79 Å². The molecule has 15 heavy (non-hydrogen) atoms. The average molecular weight is 205 g/mol. The Balaban J connectivity index is 1.91. The summed E-state index contributed by atoms with van der Waals surface area (Å²) in [7, 11) is 0. The van der Waals surface area contributed by atoms with Gasteiger partial charge in [-0.05, 0) is 38.1 Å². The molecule has 1 aromatic heterocycles. The zero-order chi connectivity index (χ0) is 10.5. The summed E-state index contributed by atoms with van der Waals surface area (Å²) in [4.78, 5) is 15.7. The Bertz CT molecular complexity index is 320. The highest BCUT2D eigenvalue weighted by Gasteiger charge is 2.16.